The molecule has 0 aliphatic carbocycles. The molecule has 0 saturated heterocycles. The van der Waals surface area contributed by atoms with Crippen molar-refractivity contribution < 1.29 is 19.1 Å². The lowest BCUT2D eigenvalue weighted by Crippen LogP contribution is -2.47. The van der Waals surface area contributed by atoms with E-state index in [4.69, 9.17) is 26.1 Å². The number of carbonyl (C=O) groups is 2. The summed E-state index contributed by atoms with van der Waals surface area (Å²) in [7, 11) is 0. The molecule has 8 heteroatoms. The van der Waals surface area contributed by atoms with Crippen molar-refractivity contribution in [3.63, 3.8) is 0 Å². The smallest absolute Gasteiger partial charge is 0.355 e. The molecule has 2 aliphatic heterocycles. The maximum Gasteiger partial charge on any atom is 0.355 e. The molecule has 0 unspecified atom stereocenters. The molecule has 4 heterocycles. The van der Waals surface area contributed by atoms with Gasteiger partial charge in [-0.15, -0.1) is 11.6 Å². The first kappa shape index (κ1) is 20.7. The lowest BCUT2D eigenvalue weighted by molar-refractivity contribution is -0.189. The van der Waals surface area contributed by atoms with Gasteiger partial charge in [-0.05, 0) is 31.0 Å². The van der Waals surface area contributed by atoms with Gasteiger partial charge in [-0.3, -0.25) is 9.59 Å². The Hall–Kier alpha value is -3.19. The Balaban J connectivity index is 1.69. The summed E-state index contributed by atoms with van der Waals surface area (Å²) >= 11 is 5.69. The lowest BCUT2D eigenvalue weighted by atomic mass is 9.85. The highest BCUT2D eigenvalue weighted by Crippen LogP contribution is 2.41. The van der Waals surface area contributed by atoms with Gasteiger partial charge in [-0.2, -0.15) is 0 Å². The topological polar surface area (TPSA) is 87.5 Å². The van der Waals surface area contributed by atoms with Crippen molar-refractivity contribution >= 4 is 34.4 Å². The molecule has 32 heavy (non-hydrogen) atoms. The van der Waals surface area contributed by atoms with E-state index in [2.05, 4.69) is 0 Å². The third kappa shape index (κ3) is 3.03. The third-order valence-corrected chi connectivity index (χ3v) is 6.45. The summed E-state index contributed by atoms with van der Waals surface area (Å²) in [5, 5.41) is 0.992. The van der Waals surface area contributed by atoms with Crippen LogP contribution in [0.5, 0.6) is 0 Å². The monoisotopic (exact) mass is 452 g/mol. The molecule has 0 fully saturated rings. The molecule has 0 N–H and O–H groups in total. The van der Waals surface area contributed by atoms with Crippen LogP contribution in [0.15, 0.2) is 41.2 Å². The van der Waals surface area contributed by atoms with Gasteiger partial charge in [0.2, 0.25) is 5.60 Å². The van der Waals surface area contributed by atoms with E-state index in [-0.39, 0.29) is 25.0 Å². The van der Waals surface area contributed by atoms with Crippen molar-refractivity contribution in [2.24, 2.45) is 0 Å². The Bertz CT molecular complexity index is 1330. The highest BCUT2D eigenvalue weighted by atomic mass is 35.5. The second-order valence-electron chi connectivity index (χ2n) is 8.03. The van der Waals surface area contributed by atoms with E-state index in [0.29, 0.717) is 41.4 Å². The first-order chi connectivity index (χ1) is 15.5. The van der Waals surface area contributed by atoms with Crippen molar-refractivity contribution in [2.45, 2.75) is 44.9 Å². The van der Waals surface area contributed by atoms with E-state index in [1.54, 1.807) is 17.6 Å². The Morgan fingerprint density at radius 1 is 1.28 bits per heavy atom. The summed E-state index contributed by atoms with van der Waals surface area (Å²) in [6.45, 7) is 1.97. The number of fused-ring (bicyclic) bond motifs is 5. The van der Waals surface area contributed by atoms with E-state index in [1.165, 1.54) is 0 Å². The van der Waals surface area contributed by atoms with Gasteiger partial charge >= 0.3 is 11.9 Å². The predicted octanol–water partition coefficient (Wildman–Crippen LogP) is 3.65. The number of rotatable bonds is 5. The number of hydrogen-bond acceptors (Lipinski definition) is 6. The van der Waals surface area contributed by atoms with Crippen molar-refractivity contribution in [1.82, 2.24) is 9.55 Å². The highest BCUT2D eigenvalue weighted by Gasteiger charge is 2.50. The zero-order valence-electron chi connectivity index (χ0n) is 17.5. The summed E-state index contributed by atoms with van der Waals surface area (Å²) in [6, 6.07) is 11.6. The van der Waals surface area contributed by atoms with Crippen LogP contribution in [0.2, 0.25) is 0 Å². The minimum atomic E-state index is -1.66. The van der Waals surface area contributed by atoms with Gasteiger partial charge in [0, 0.05) is 28.8 Å². The van der Waals surface area contributed by atoms with Crippen LogP contribution in [0.4, 0.5) is 0 Å². The van der Waals surface area contributed by atoms with Crippen LogP contribution in [0.3, 0.4) is 0 Å². The Kier molecular flexibility index (Phi) is 5.01. The molecule has 7 nitrogen and oxygen atoms in total. The summed E-state index contributed by atoms with van der Waals surface area (Å²) in [6.07, 6.45) is 0.653. The van der Waals surface area contributed by atoms with E-state index in [9.17, 15) is 14.4 Å². The number of pyridine rings is 2. The zero-order chi connectivity index (χ0) is 22.5. The molecule has 1 aromatic carbocycles. The maximum atomic E-state index is 13.4. The Morgan fingerprint density at radius 2 is 2.09 bits per heavy atom. The average Bonchev–Trinajstić information content (AvgIpc) is 3.16. The van der Waals surface area contributed by atoms with Crippen molar-refractivity contribution in [3.05, 3.63) is 63.4 Å². The number of hydrogen-bond donors (Lipinski definition) is 0. The van der Waals surface area contributed by atoms with Gasteiger partial charge in [-0.1, -0.05) is 25.1 Å². The van der Waals surface area contributed by atoms with Gasteiger partial charge in [0.05, 0.1) is 29.0 Å². The van der Waals surface area contributed by atoms with Gasteiger partial charge < -0.3 is 14.0 Å². The highest BCUT2D eigenvalue weighted by molar-refractivity contribution is 6.17. The number of alkyl halides is 1. The van der Waals surface area contributed by atoms with Crippen LogP contribution < -0.4 is 5.56 Å². The van der Waals surface area contributed by atoms with Crippen LogP contribution >= 0.6 is 11.6 Å². The largest absolute Gasteiger partial charge is 0.457 e. The van der Waals surface area contributed by atoms with Crippen LogP contribution in [0.25, 0.3) is 22.3 Å². The molecule has 5 rings (SSSR count). The molecule has 164 valence electrons. The Morgan fingerprint density at radius 3 is 2.88 bits per heavy atom. The number of benzene rings is 1. The van der Waals surface area contributed by atoms with Gasteiger partial charge in [-0.25, -0.2) is 9.78 Å². The minimum Gasteiger partial charge on any atom is -0.457 e. The molecular weight excluding hydrogens is 432 g/mol. The van der Waals surface area contributed by atoms with Crippen molar-refractivity contribution in [3.8, 4) is 11.4 Å². The minimum absolute atomic E-state index is 0.0775. The summed E-state index contributed by atoms with van der Waals surface area (Å²) in [4.78, 5) is 43.6. The van der Waals surface area contributed by atoms with Crippen LogP contribution in [0, 0.1) is 0 Å². The molecule has 2 aromatic heterocycles. The number of para-hydroxylation sites is 1. The van der Waals surface area contributed by atoms with Gasteiger partial charge in [0.25, 0.3) is 5.56 Å². The van der Waals surface area contributed by atoms with Gasteiger partial charge in [0.15, 0.2) is 0 Å². The molecule has 3 aromatic rings. The van der Waals surface area contributed by atoms with Crippen LogP contribution in [-0.2, 0) is 37.8 Å². The number of nitrogens with zero attached hydrogens (tertiary/aromatic N) is 2. The SMILES string of the molecule is CC[C@@]1(OC(=O)CCCCl)C(=O)OCc2c1cc1n(c2=O)Cc2cc3ccccc3nc2-1. The molecule has 0 spiro atoms. The van der Waals surface area contributed by atoms with E-state index < -0.39 is 17.5 Å². The number of carbonyl (C=O) groups excluding carboxylic acids is 2. The molecule has 0 amide bonds. The average molecular weight is 453 g/mol. The summed E-state index contributed by atoms with van der Waals surface area (Å²) in [5.74, 6) is -0.913. The van der Waals surface area contributed by atoms with Gasteiger partial charge in [0.1, 0.15) is 6.61 Å². The summed E-state index contributed by atoms with van der Waals surface area (Å²) < 4.78 is 12.7. The predicted molar refractivity (Wildman–Crippen MR) is 118 cm³/mol. The van der Waals surface area contributed by atoms with Crippen LogP contribution in [-0.4, -0.2) is 27.4 Å². The second kappa shape index (κ2) is 7.74. The fourth-order valence-electron chi connectivity index (χ4n) is 4.54. The fourth-order valence-corrected chi connectivity index (χ4v) is 4.67. The van der Waals surface area contributed by atoms with E-state index in [1.807, 2.05) is 30.3 Å². The Labute approximate surface area is 188 Å². The number of halogens is 1. The first-order valence-electron chi connectivity index (χ1n) is 10.6. The second-order valence-corrected chi connectivity index (χ2v) is 8.40. The van der Waals surface area contributed by atoms with E-state index >= 15 is 0 Å². The molecule has 1 atom stereocenters. The van der Waals surface area contributed by atoms with Crippen LogP contribution in [0.1, 0.15) is 42.9 Å². The standard InChI is InChI=1S/C24H21ClN2O5/c1-2-24(32-20(28)8-5-9-25)17-11-19-21-15(10-14-6-3-4-7-18(14)26-21)12-27(19)22(29)16(17)13-31-23(24)30/h3-4,6-7,10-11H,2,5,8-9,12-13H2,1H3/t24-/m0/s1. The number of aromatic nitrogens is 2. The number of cyclic esters (lactones) is 1. The third-order valence-electron chi connectivity index (χ3n) is 6.19. The quantitative estimate of drug-likeness (QED) is 0.339. The maximum absolute atomic E-state index is 13.4. The molecule has 2 aliphatic rings. The molecule has 0 radical (unpaired) electrons. The lowest BCUT2D eigenvalue weighted by Gasteiger charge is -2.35. The summed E-state index contributed by atoms with van der Waals surface area (Å²) in [5.41, 5.74) is 1.84. The molecule has 0 bridgehead atoms. The molecular formula is C24H21ClN2O5. The zero-order valence-corrected chi connectivity index (χ0v) is 18.3. The molecule has 0 saturated carbocycles. The van der Waals surface area contributed by atoms with Crippen molar-refractivity contribution in [2.75, 3.05) is 5.88 Å². The normalized spacial score (nSPS) is 18.6. The van der Waals surface area contributed by atoms with Crippen molar-refractivity contribution in [1.29, 1.82) is 0 Å². The fraction of sp³-hybridized carbons (Fsp3) is 0.333. The number of ether oxygens (including phenoxy) is 2. The van der Waals surface area contributed by atoms with E-state index in [0.717, 1.165) is 16.5 Å². The first-order valence-corrected chi connectivity index (χ1v) is 11.1. The number of esters is 2.